The second kappa shape index (κ2) is 11.2. The zero-order valence-electron chi connectivity index (χ0n) is 22.8. The van der Waals surface area contributed by atoms with Gasteiger partial charge in [-0.05, 0) is 46.4 Å². The molecule has 0 fully saturated rings. The average molecular weight is 715 g/mol. The van der Waals surface area contributed by atoms with Gasteiger partial charge in [0.15, 0.2) is 34.4 Å². The summed E-state index contributed by atoms with van der Waals surface area (Å²) in [5.74, 6) is 0.914. The lowest BCUT2D eigenvalue weighted by Crippen LogP contribution is -2.30. The minimum absolute atomic E-state index is 0.0292. The van der Waals surface area contributed by atoms with Gasteiger partial charge in [-0.1, -0.05) is 18.2 Å². The fraction of sp³-hybridized carbons (Fsp3) is 0.100. The van der Waals surface area contributed by atoms with E-state index in [1.165, 1.54) is 37.6 Å². The molecule has 7 heterocycles. The zero-order valence-corrected chi connectivity index (χ0v) is 25.0. The maximum absolute atomic E-state index is 13.4. The normalized spacial score (nSPS) is 15.4. The van der Waals surface area contributed by atoms with Gasteiger partial charge in [-0.25, -0.2) is 29.9 Å². The second-order valence-electron chi connectivity index (χ2n) is 9.85. The Morgan fingerprint density at radius 3 is 2.00 bits per heavy atom. The van der Waals surface area contributed by atoms with Gasteiger partial charge < -0.3 is 31.8 Å². The van der Waals surface area contributed by atoms with Crippen LogP contribution in [0.1, 0.15) is 39.6 Å². The number of nitrogens with one attached hydrogen (secondary N) is 1. The van der Waals surface area contributed by atoms with E-state index in [1.807, 2.05) is 30.3 Å². The van der Waals surface area contributed by atoms with E-state index in [0.29, 0.717) is 41.5 Å². The number of carbonyl (C=O) groups is 1. The van der Waals surface area contributed by atoms with E-state index in [1.54, 1.807) is 6.08 Å². The number of oxazole rings is 6. The van der Waals surface area contributed by atoms with E-state index in [9.17, 15) is 4.79 Å². The van der Waals surface area contributed by atoms with Crippen molar-refractivity contribution < 1.29 is 31.3 Å². The molecule has 7 aromatic rings. The number of hydrogen-bond acceptors (Lipinski definition) is 13. The van der Waals surface area contributed by atoms with Crippen LogP contribution in [0.4, 0.5) is 0 Å². The van der Waals surface area contributed by atoms with E-state index in [-0.39, 0.29) is 40.8 Å². The first-order chi connectivity index (χ1) is 22.0. The predicted octanol–water partition coefficient (Wildman–Crippen LogP) is 6.17. The second-order valence-corrected chi connectivity index (χ2v) is 11.1. The number of allylic oxidation sites excluding steroid dienone is 1. The number of benzene rings is 1. The molecule has 1 unspecified atom stereocenters. The van der Waals surface area contributed by atoms with Gasteiger partial charge >= 0.3 is 0 Å². The van der Waals surface area contributed by atoms with Gasteiger partial charge in [-0.2, -0.15) is 0 Å². The topological polar surface area (TPSA) is 185 Å². The Balaban J connectivity index is 1.17. The molecule has 12 bridgehead atoms. The van der Waals surface area contributed by atoms with E-state index in [2.05, 4.69) is 57.8 Å². The van der Waals surface area contributed by atoms with Crippen molar-refractivity contribution in [2.45, 2.75) is 18.9 Å². The van der Waals surface area contributed by atoms with E-state index in [4.69, 9.17) is 26.5 Å². The molecule has 1 atom stereocenters. The number of aromatic nitrogens is 6. The zero-order chi connectivity index (χ0) is 30.3. The molecular formula is C30H18IN7O7. The summed E-state index contributed by atoms with van der Waals surface area (Å²) in [7, 11) is 0. The molecule has 6 aromatic heterocycles. The highest BCUT2D eigenvalue weighted by Crippen LogP contribution is 2.28. The van der Waals surface area contributed by atoms with Gasteiger partial charge in [-0.15, -0.1) is 0 Å². The number of nitrogens with zero attached hydrogens (tertiary/aromatic N) is 6. The molecule has 14 nitrogen and oxygen atoms in total. The summed E-state index contributed by atoms with van der Waals surface area (Å²) < 4.78 is 34.9. The van der Waals surface area contributed by atoms with Gasteiger partial charge in [-0.3, -0.25) is 4.79 Å². The summed E-state index contributed by atoms with van der Waals surface area (Å²) in [4.78, 5) is 40.1. The third-order valence-corrected chi connectivity index (χ3v) is 7.47. The highest BCUT2D eigenvalue weighted by atomic mass is 127. The van der Waals surface area contributed by atoms with Crippen molar-refractivity contribution in [3.8, 4) is 46.3 Å². The maximum atomic E-state index is 13.4. The quantitative estimate of drug-likeness (QED) is 0.201. The SMILES string of the molecule is O=C1NC(Cc2ccc(I)cc2)c2nc(co2)-c2nc(co2)-c2nc(co2)/C=C/Cc2nc(co2)-c2nc(co2)-c2nc1co2. The van der Waals surface area contributed by atoms with Crippen molar-refractivity contribution in [3.05, 3.63) is 100 Å². The minimum Gasteiger partial charge on any atom is -0.448 e. The largest absolute Gasteiger partial charge is 0.448 e. The number of fused-ring (bicyclic) bond motifs is 16. The summed E-state index contributed by atoms with van der Waals surface area (Å²) >= 11 is 2.23. The van der Waals surface area contributed by atoms with Crippen LogP contribution in [0.5, 0.6) is 0 Å². The number of rotatable bonds is 2. The van der Waals surface area contributed by atoms with Gasteiger partial charge in [0.1, 0.15) is 49.3 Å². The molecule has 1 aliphatic rings. The van der Waals surface area contributed by atoms with Crippen LogP contribution in [0, 0.1) is 3.57 Å². The van der Waals surface area contributed by atoms with Crippen LogP contribution in [-0.4, -0.2) is 35.8 Å². The number of amides is 1. The standard InChI is InChI=1S/C30H18IN7O7/c31-16-6-4-15(5-7-16)8-18-26-36-23(13-43-26)30-37-21(12-45-30)27-32-17(9-41-27)2-1-3-24-33-20(11-40-24)28-38-22(14-44-28)29-35-19(10-42-29)25(39)34-18/h1-2,4-7,9-14,18H,3,8H2,(H,34,39)/b2-1+. The Labute approximate surface area is 265 Å². The third kappa shape index (κ3) is 5.48. The lowest BCUT2D eigenvalue weighted by atomic mass is 10.1. The smallest absolute Gasteiger partial charge is 0.273 e. The van der Waals surface area contributed by atoms with Gasteiger partial charge in [0, 0.05) is 16.4 Å². The summed E-state index contributed by atoms with van der Waals surface area (Å²) in [5, 5.41) is 2.95. The van der Waals surface area contributed by atoms with Crippen LogP contribution in [0.3, 0.4) is 0 Å². The monoisotopic (exact) mass is 715 g/mol. The fourth-order valence-corrected chi connectivity index (χ4v) is 4.93. The molecular weight excluding hydrogens is 697 g/mol. The van der Waals surface area contributed by atoms with Gasteiger partial charge in [0.2, 0.25) is 29.5 Å². The molecule has 1 aliphatic heterocycles. The number of carbonyl (C=O) groups excluding carboxylic acids is 1. The Kier molecular flexibility index (Phi) is 6.70. The van der Waals surface area contributed by atoms with E-state index in [0.717, 1.165) is 9.13 Å². The first kappa shape index (κ1) is 27.0. The molecule has 45 heavy (non-hydrogen) atoms. The lowest BCUT2D eigenvalue weighted by molar-refractivity contribution is 0.0925. The lowest BCUT2D eigenvalue weighted by Gasteiger charge is -2.15. The van der Waals surface area contributed by atoms with Crippen LogP contribution in [-0.2, 0) is 12.8 Å². The summed E-state index contributed by atoms with van der Waals surface area (Å²) in [6.45, 7) is 0. The highest BCUT2D eigenvalue weighted by molar-refractivity contribution is 14.1. The molecule has 0 saturated carbocycles. The Hall–Kier alpha value is -5.58. The molecule has 8 rings (SSSR count). The molecule has 222 valence electrons. The molecule has 15 heteroatoms. The van der Waals surface area contributed by atoms with Crippen LogP contribution in [0.15, 0.2) is 94.4 Å². The van der Waals surface area contributed by atoms with Crippen molar-refractivity contribution in [3.63, 3.8) is 0 Å². The Morgan fingerprint density at radius 2 is 1.24 bits per heavy atom. The molecule has 1 aromatic carbocycles. The van der Waals surface area contributed by atoms with Crippen LogP contribution < -0.4 is 5.32 Å². The van der Waals surface area contributed by atoms with Crippen molar-refractivity contribution in [1.82, 2.24) is 35.2 Å². The van der Waals surface area contributed by atoms with Crippen molar-refractivity contribution in [1.29, 1.82) is 0 Å². The van der Waals surface area contributed by atoms with E-state index >= 15 is 0 Å². The summed E-state index contributed by atoms with van der Waals surface area (Å²) in [6, 6.07) is 7.22. The van der Waals surface area contributed by atoms with Crippen LogP contribution in [0.25, 0.3) is 52.4 Å². The van der Waals surface area contributed by atoms with Gasteiger partial charge in [0.25, 0.3) is 5.91 Å². The van der Waals surface area contributed by atoms with Crippen molar-refractivity contribution >= 4 is 34.6 Å². The first-order valence-electron chi connectivity index (χ1n) is 13.5. The first-order valence-corrected chi connectivity index (χ1v) is 14.6. The van der Waals surface area contributed by atoms with E-state index < -0.39 is 11.9 Å². The highest BCUT2D eigenvalue weighted by Gasteiger charge is 2.26. The number of hydrogen-bond donors (Lipinski definition) is 1. The third-order valence-electron chi connectivity index (χ3n) is 6.75. The molecule has 1 amide bonds. The van der Waals surface area contributed by atoms with Crippen LogP contribution >= 0.6 is 22.6 Å². The minimum atomic E-state index is -0.674. The van der Waals surface area contributed by atoms with Crippen molar-refractivity contribution in [2.24, 2.45) is 0 Å². The predicted molar refractivity (Wildman–Crippen MR) is 161 cm³/mol. The molecule has 0 saturated heterocycles. The molecule has 0 aliphatic carbocycles. The van der Waals surface area contributed by atoms with Crippen molar-refractivity contribution in [2.75, 3.05) is 0 Å². The Bertz CT molecular complexity index is 2160. The average Bonchev–Trinajstić information content (AvgIpc) is 3.87. The maximum Gasteiger partial charge on any atom is 0.273 e. The Morgan fingerprint density at radius 1 is 0.667 bits per heavy atom. The summed E-state index contributed by atoms with van der Waals surface area (Å²) in [6.07, 6.45) is 12.7. The fourth-order valence-electron chi connectivity index (χ4n) is 4.57. The molecule has 0 spiro atoms. The molecule has 1 N–H and O–H groups in total. The number of halogens is 1. The van der Waals surface area contributed by atoms with Gasteiger partial charge in [0.05, 0.1) is 0 Å². The molecule has 0 radical (unpaired) electrons. The van der Waals surface area contributed by atoms with Crippen LogP contribution in [0.2, 0.25) is 0 Å². The summed E-state index contributed by atoms with van der Waals surface area (Å²) in [5.41, 5.74) is 2.92.